The molecule has 3 aromatic rings. The smallest absolute Gasteiger partial charge is 0.282 e. The van der Waals surface area contributed by atoms with Crippen LogP contribution in [0.25, 0.3) is 0 Å². The van der Waals surface area contributed by atoms with E-state index in [4.69, 9.17) is 9.47 Å². The highest BCUT2D eigenvalue weighted by Gasteiger charge is 2.51. The summed E-state index contributed by atoms with van der Waals surface area (Å²) in [6.45, 7) is 2.52. The van der Waals surface area contributed by atoms with Crippen molar-refractivity contribution in [3.63, 3.8) is 0 Å². The van der Waals surface area contributed by atoms with E-state index in [1.54, 1.807) is 26.7 Å². The molecule has 2 aromatic carbocycles. The van der Waals surface area contributed by atoms with Crippen molar-refractivity contribution >= 4 is 23.2 Å². The normalized spacial score (nSPS) is 17.0. The lowest BCUT2D eigenvalue weighted by molar-refractivity contribution is 0.0944. The third kappa shape index (κ3) is 2.30. The average molecular weight is 404 g/mol. The van der Waals surface area contributed by atoms with E-state index in [2.05, 4.69) is 5.10 Å². The number of ether oxygens (including phenoxy) is 2. The molecule has 30 heavy (non-hydrogen) atoms. The molecule has 0 fully saturated rings. The van der Waals surface area contributed by atoms with Crippen molar-refractivity contribution in [2.75, 3.05) is 24.0 Å². The summed E-state index contributed by atoms with van der Waals surface area (Å²) in [6, 6.07) is 12.9. The second-order valence-electron chi connectivity index (χ2n) is 7.04. The zero-order valence-corrected chi connectivity index (χ0v) is 16.8. The number of nitrogens with zero attached hydrogens (tertiary/aromatic N) is 4. The molecule has 0 saturated heterocycles. The molecule has 2 aliphatic heterocycles. The fraction of sp³-hybridized carbons (Fsp3) is 0.227. The number of fused-ring (bicyclic) bond motifs is 5. The van der Waals surface area contributed by atoms with Gasteiger partial charge in [0.2, 0.25) is 0 Å². The summed E-state index contributed by atoms with van der Waals surface area (Å²) in [7, 11) is 3.03. The van der Waals surface area contributed by atoms with Gasteiger partial charge in [0.1, 0.15) is 6.17 Å². The number of aryl methyl sites for hydroxylation is 1. The Balaban J connectivity index is 1.80. The van der Waals surface area contributed by atoms with Crippen molar-refractivity contribution in [3.8, 4) is 11.5 Å². The number of carbonyl (C=O) groups is 2. The van der Waals surface area contributed by atoms with E-state index in [0.717, 1.165) is 0 Å². The van der Waals surface area contributed by atoms with Crippen molar-refractivity contribution in [1.82, 2.24) is 9.78 Å². The first-order chi connectivity index (χ1) is 14.6. The van der Waals surface area contributed by atoms with Crippen LogP contribution in [0.4, 0.5) is 11.4 Å². The molecule has 5 rings (SSSR count). The van der Waals surface area contributed by atoms with Gasteiger partial charge in [-0.25, -0.2) is 0 Å². The van der Waals surface area contributed by atoms with E-state index in [1.807, 2.05) is 43.3 Å². The maximum Gasteiger partial charge on any atom is 0.282 e. The van der Waals surface area contributed by atoms with Gasteiger partial charge in [-0.3, -0.25) is 24.1 Å². The molecular weight excluding hydrogens is 384 g/mol. The summed E-state index contributed by atoms with van der Waals surface area (Å²) in [5.41, 5.74) is 2.52. The average Bonchev–Trinajstić information content (AvgIpc) is 3.34. The van der Waals surface area contributed by atoms with Gasteiger partial charge in [-0.15, -0.1) is 0 Å². The van der Waals surface area contributed by atoms with E-state index in [0.29, 0.717) is 40.5 Å². The molecular formula is C22H20N4O4. The molecule has 8 heteroatoms. The first-order valence-corrected chi connectivity index (χ1v) is 9.65. The number of anilines is 2. The minimum absolute atomic E-state index is 0.250. The number of aromatic nitrogens is 2. The van der Waals surface area contributed by atoms with Crippen LogP contribution in [0.3, 0.4) is 0 Å². The topological polar surface area (TPSA) is 76.9 Å². The van der Waals surface area contributed by atoms with Gasteiger partial charge in [0.15, 0.2) is 17.2 Å². The largest absolute Gasteiger partial charge is 0.493 e. The Kier molecular flexibility index (Phi) is 4.02. The fourth-order valence-corrected chi connectivity index (χ4v) is 4.22. The lowest BCUT2D eigenvalue weighted by Gasteiger charge is -2.38. The van der Waals surface area contributed by atoms with Crippen LogP contribution in [0, 0.1) is 0 Å². The Bertz CT molecular complexity index is 1170. The van der Waals surface area contributed by atoms with Crippen LogP contribution in [0.5, 0.6) is 11.5 Å². The van der Waals surface area contributed by atoms with Crippen LogP contribution in [0.1, 0.15) is 39.5 Å². The van der Waals surface area contributed by atoms with E-state index < -0.39 is 6.17 Å². The second kappa shape index (κ2) is 6.62. The van der Waals surface area contributed by atoms with Crippen molar-refractivity contribution in [2.24, 2.45) is 0 Å². The SMILES string of the molecule is CCn1cc2c(n1)C(=O)N(c1ccccc1)[C@H]1c3ccc(OC)c(OC)c3C(=O)N21. The zero-order chi connectivity index (χ0) is 21.0. The lowest BCUT2D eigenvalue weighted by Crippen LogP contribution is -2.48. The molecule has 3 heterocycles. The number of carbonyl (C=O) groups excluding carboxylic acids is 2. The molecule has 0 saturated carbocycles. The van der Waals surface area contributed by atoms with Crippen molar-refractivity contribution in [3.05, 3.63) is 65.5 Å². The zero-order valence-electron chi connectivity index (χ0n) is 16.8. The molecule has 0 bridgehead atoms. The predicted octanol–water partition coefficient (Wildman–Crippen LogP) is 3.24. The van der Waals surface area contributed by atoms with Gasteiger partial charge >= 0.3 is 0 Å². The monoisotopic (exact) mass is 404 g/mol. The molecule has 0 radical (unpaired) electrons. The molecule has 0 unspecified atom stereocenters. The number of para-hydroxylation sites is 1. The summed E-state index contributed by atoms with van der Waals surface area (Å²) in [4.78, 5) is 30.4. The number of methoxy groups -OCH3 is 2. The van der Waals surface area contributed by atoms with Crippen LogP contribution < -0.4 is 19.3 Å². The second-order valence-corrected chi connectivity index (χ2v) is 7.04. The third-order valence-corrected chi connectivity index (χ3v) is 5.56. The summed E-state index contributed by atoms with van der Waals surface area (Å²) in [6.07, 6.45) is 1.11. The first-order valence-electron chi connectivity index (χ1n) is 9.65. The molecule has 0 aliphatic carbocycles. The summed E-state index contributed by atoms with van der Waals surface area (Å²) < 4.78 is 12.6. The summed E-state index contributed by atoms with van der Waals surface area (Å²) in [5.74, 6) is 0.321. The molecule has 8 nitrogen and oxygen atoms in total. The minimum atomic E-state index is -0.635. The van der Waals surface area contributed by atoms with E-state index in [1.165, 1.54) is 14.2 Å². The highest BCUT2D eigenvalue weighted by molar-refractivity contribution is 6.21. The number of hydrogen-bond acceptors (Lipinski definition) is 5. The van der Waals surface area contributed by atoms with Gasteiger partial charge in [0.05, 0.1) is 25.5 Å². The Morgan fingerprint density at radius 1 is 0.967 bits per heavy atom. The van der Waals surface area contributed by atoms with Crippen molar-refractivity contribution in [2.45, 2.75) is 19.6 Å². The van der Waals surface area contributed by atoms with Crippen LogP contribution in [0.2, 0.25) is 0 Å². The number of amides is 2. The third-order valence-electron chi connectivity index (χ3n) is 5.56. The number of rotatable bonds is 4. The molecule has 1 aromatic heterocycles. The Labute approximate surface area is 173 Å². The van der Waals surface area contributed by atoms with Gasteiger partial charge in [0.25, 0.3) is 11.8 Å². The van der Waals surface area contributed by atoms with Crippen LogP contribution in [0.15, 0.2) is 48.7 Å². The Hall–Kier alpha value is -3.81. The van der Waals surface area contributed by atoms with E-state index >= 15 is 0 Å². The molecule has 152 valence electrons. The van der Waals surface area contributed by atoms with E-state index in [-0.39, 0.29) is 17.5 Å². The van der Waals surface area contributed by atoms with Gasteiger partial charge < -0.3 is 9.47 Å². The predicted molar refractivity (Wildman–Crippen MR) is 110 cm³/mol. The van der Waals surface area contributed by atoms with Crippen molar-refractivity contribution in [1.29, 1.82) is 0 Å². The van der Waals surface area contributed by atoms with Gasteiger partial charge in [-0.2, -0.15) is 5.10 Å². The van der Waals surface area contributed by atoms with Gasteiger partial charge in [-0.1, -0.05) is 24.3 Å². The molecule has 1 atom stereocenters. The lowest BCUT2D eigenvalue weighted by atomic mass is 10.0. The quantitative estimate of drug-likeness (QED) is 0.667. The van der Waals surface area contributed by atoms with Crippen LogP contribution in [-0.2, 0) is 6.54 Å². The first kappa shape index (κ1) is 18.2. The van der Waals surface area contributed by atoms with Crippen LogP contribution >= 0.6 is 0 Å². The summed E-state index contributed by atoms with van der Waals surface area (Å²) >= 11 is 0. The van der Waals surface area contributed by atoms with Crippen molar-refractivity contribution < 1.29 is 19.1 Å². The standard InChI is InChI=1S/C22H20N4O4/c1-4-24-12-15-18(23-24)22(28)25(13-8-6-5-7-9-13)20-14-10-11-16(29-2)19(30-3)17(14)21(27)26(15)20/h5-12,20H,4H2,1-3H3/t20-/m1/s1. The van der Waals surface area contributed by atoms with E-state index in [9.17, 15) is 9.59 Å². The van der Waals surface area contributed by atoms with Crippen LogP contribution in [-0.4, -0.2) is 35.8 Å². The molecule has 2 amide bonds. The Morgan fingerprint density at radius 2 is 1.73 bits per heavy atom. The maximum absolute atomic E-state index is 13.6. The van der Waals surface area contributed by atoms with Gasteiger partial charge in [-0.05, 0) is 25.1 Å². The number of hydrogen-bond donors (Lipinski definition) is 0. The minimum Gasteiger partial charge on any atom is -0.493 e. The summed E-state index contributed by atoms with van der Waals surface area (Å²) in [5, 5.41) is 4.44. The molecule has 2 aliphatic rings. The highest BCUT2D eigenvalue weighted by Crippen LogP contribution is 2.50. The van der Waals surface area contributed by atoms with Gasteiger partial charge in [0, 0.05) is 24.0 Å². The number of benzene rings is 2. The Morgan fingerprint density at radius 3 is 2.40 bits per heavy atom. The highest BCUT2D eigenvalue weighted by atomic mass is 16.5. The molecule has 0 spiro atoms. The molecule has 0 N–H and O–H groups in total. The fourth-order valence-electron chi connectivity index (χ4n) is 4.22. The maximum atomic E-state index is 13.6.